The molecule has 1 aromatic rings. The van der Waals surface area contributed by atoms with Crippen LogP contribution in [0.4, 0.5) is 0 Å². The van der Waals surface area contributed by atoms with Gasteiger partial charge in [-0.05, 0) is 31.8 Å². The monoisotopic (exact) mass is 251 g/mol. The molecule has 6 heteroatoms. The summed E-state index contributed by atoms with van der Waals surface area (Å²) in [7, 11) is 0. The largest absolute Gasteiger partial charge is 0.350 e. The maximum absolute atomic E-state index is 11.8. The number of nitrogens with zero attached hydrogens (tertiary/aromatic N) is 3. The van der Waals surface area contributed by atoms with E-state index in [1.54, 1.807) is 6.20 Å². The van der Waals surface area contributed by atoms with E-state index in [-0.39, 0.29) is 5.91 Å². The van der Waals surface area contributed by atoms with Gasteiger partial charge in [-0.1, -0.05) is 19.1 Å². The number of rotatable bonds is 4. The van der Waals surface area contributed by atoms with Gasteiger partial charge in [0, 0.05) is 6.54 Å². The van der Waals surface area contributed by atoms with Crippen LogP contribution in [0.5, 0.6) is 0 Å². The zero-order chi connectivity index (χ0) is 13.0. The Hall–Kier alpha value is -1.43. The normalized spacial score (nSPS) is 17.1. The summed E-state index contributed by atoms with van der Waals surface area (Å²) in [5, 5.41) is 14.2. The summed E-state index contributed by atoms with van der Waals surface area (Å²) in [6.07, 6.45) is 3.83. The van der Waals surface area contributed by atoms with Crippen LogP contribution in [-0.2, 0) is 0 Å². The molecule has 0 radical (unpaired) electrons. The average molecular weight is 251 g/mol. The van der Waals surface area contributed by atoms with Crippen molar-refractivity contribution in [2.24, 2.45) is 5.92 Å². The topological polar surface area (TPSA) is 71.8 Å². The molecule has 0 atom stereocenters. The summed E-state index contributed by atoms with van der Waals surface area (Å²) < 4.78 is 1.82. The Balaban J connectivity index is 1.94. The highest BCUT2D eigenvalue weighted by atomic mass is 16.2. The third-order valence-electron chi connectivity index (χ3n) is 3.10. The maximum atomic E-state index is 11.8. The summed E-state index contributed by atoms with van der Waals surface area (Å²) in [4.78, 5) is 11.8. The number of hydrogen-bond acceptors (Lipinski definition) is 4. The molecule has 2 N–H and O–H groups in total. The van der Waals surface area contributed by atoms with E-state index in [2.05, 4.69) is 34.8 Å². The summed E-state index contributed by atoms with van der Waals surface area (Å²) in [6, 6.07) is 0.366. The van der Waals surface area contributed by atoms with Crippen LogP contribution >= 0.6 is 0 Å². The molecular weight excluding hydrogens is 230 g/mol. The number of aromatic nitrogens is 3. The SMILES string of the molecule is CC(C)CNC(=O)c1cn(C2CCNCC2)nn1. The van der Waals surface area contributed by atoms with E-state index in [4.69, 9.17) is 0 Å². The number of hydrogen-bond donors (Lipinski definition) is 2. The van der Waals surface area contributed by atoms with E-state index >= 15 is 0 Å². The second-order valence-electron chi connectivity index (χ2n) is 5.17. The molecule has 2 rings (SSSR count). The minimum Gasteiger partial charge on any atom is -0.350 e. The minimum absolute atomic E-state index is 0.135. The third-order valence-corrected chi connectivity index (χ3v) is 3.10. The Bertz CT molecular complexity index is 395. The van der Waals surface area contributed by atoms with Crippen LogP contribution in [-0.4, -0.2) is 40.5 Å². The molecule has 0 unspecified atom stereocenters. The number of carbonyl (C=O) groups is 1. The lowest BCUT2D eigenvalue weighted by Crippen LogP contribution is -2.29. The van der Waals surface area contributed by atoms with Crippen molar-refractivity contribution >= 4 is 5.91 Å². The second kappa shape index (κ2) is 5.95. The Kier molecular flexibility index (Phi) is 4.30. The molecule has 1 aromatic heterocycles. The van der Waals surface area contributed by atoms with Crippen LogP contribution in [0.25, 0.3) is 0 Å². The standard InChI is InChI=1S/C12H21N5O/c1-9(2)7-14-12(18)11-8-17(16-15-11)10-3-5-13-6-4-10/h8-10,13H,3-7H2,1-2H3,(H,14,18). The van der Waals surface area contributed by atoms with Crippen LogP contribution in [0.3, 0.4) is 0 Å². The Morgan fingerprint density at radius 2 is 2.28 bits per heavy atom. The van der Waals surface area contributed by atoms with E-state index in [0.29, 0.717) is 24.2 Å². The van der Waals surface area contributed by atoms with Crippen molar-refractivity contribution in [2.45, 2.75) is 32.7 Å². The van der Waals surface area contributed by atoms with Gasteiger partial charge < -0.3 is 10.6 Å². The predicted octanol–water partition coefficient (Wildman–Crippen LogP) is 0.588. The number of piperidine rings is 1. The first-order valence-corrected chi connectivity index (χ1v) is 6.57. The number of carbonyl (C=O) groups excluding carboxylic acids is 1. The molecule has 100 valence electrons. The summed E-state index contributed by atoms with van der Waals surface area (Å²) in [5.41, 5.74) is 0.411. The van der Waals surface area contributed by atoms with E-state index in [1.807, 2.05) is 4.68 Å². The Morgan fingerprint density at radius 3 is 2.94 bits per heavy atom. The van der Waals surface area contributed by atoms with Gasteiger partial charge in [0.1, 0.15) is 0 Å². The van der Waals surface area contributed by atoms with Gasteiger partial charge in [-0.25, -0.2) is 4.68 Å². The molecule has 1 fully saturated rings. The first kappa shape index (κ1) is 13.0. The maximum Gasteiger partial charge on any atom is 0.273 e. The van der Waals surface area contributed by atoms with Gasteiger partial charge in [-0.2, -0.15) is 0 Å². The van der Waals surface area contributed by atoms with E-state index in [0.717, 1.165) is 25.9 Å². The predicted molar refractivity (Wildman–Crippen MR) is 68.3 cm³/mol. The van der Waals surface area contributed by atoms with Gasteiger partial charge >= 0.3 is 0 Å². The molecule has 2 heterocycles. The van der Waals surface area contributed by atoms with Crippen molar-refractivity contribution in [3.05, 3.63) is 11.9 Å². The van der Waals surface area contributed by atoms with Gasteiger partial charge in [0.15, 0.2) is 5.69 Å². The van der Waals surface area contributed by atoms with Crippen molar-refractivity contribution < 1.29 is 4.79 Å². The van der Waals surface area contributed by atoms with Gasteiger partial charge in [-0.15, -0.1) is 5.10 Å². The first-order chi connectivity index (χ1) is 8.66. The zero-order valence-electron chi connectivity index (χ0n) is 11.0. The molecule has 18 heavy (non-hydrogen) atoms. The number of nitrogens with one attached hydrogen (secondary N) is 2. The quantitative estimate of drug-likeness (QED) is 0.821. The molecule has 0 aliphatic carbocycles. The average Bonchev–Trinajstić information content (AvgIpc) is 2.86. The van der Waals surface area contributed by atoms with Crippen LogP contribution in [0.1, 0.15) is 43.2 Å². The molecule has 0 bridgehead atoms. The van der Waals surface area contributed by atoms with Crippen molar-refractivity contribution in [1.29, 1.82) is 0 Å². The third kappa shape index (κ3) is 3.29. The van der Waals surface area contributed by atoms with E-state index in [9.17, 15) is 4.79 Å². The smallest absolute Gasteiger partial charge is 0.273 e. The van der Waals surface area contributed by atoms with E-state index < -0.39 is 0 Å². The molecule has 0 spiro atoms. The van der Waals surface area contributed by atoms with Gasteiger partial charge in [0.25, 0.3) is 5.91 Å². The fourth-order valence-corrected chi connectivity index (χ4v) is 2.02. The Labute approximate surface area is 107 Å². The molecule has 0 saturated carbocycles. The minimum atomic E-state index is -0.135. The first-order valence-electron chi connectivity index (χ1n) is 6.57. The summed E-state index contributed by atoms with van der Waals surface area (Å²) in [6.45, 7) is 6.79. The lowest BCUT2D eigenvalue weighted by molar-refractivity contribution is 0.0944. The van der Waals surface area contributed by atoms with Gasteiger partial charge in [-0.3, -0.25) is 4.79 Å². The lowest BCUT2D eigenvalue weighted by atomic mass is 10.1. The fraction of sp³-hybridized carbons (Fsp3) is 0.750. The van der Waals surface area contributed by atoms with Gasteiger partial charge in [0.05, 0.1) is 12.2 Å². The van der Waals surface area contributed by atoms with E-state index in [1.165, 1.54) is 0 Å². The molecule has 1 aliphatic heterocycles. The molecular formula is C12H21N5O. The molecule has 6 nitrogen and oxygen atoms in total. The van der Waals surface area contributed by atoms with Crippen LogP contribution < -0.4 is 10.6 Å². The zero-order valence-corrected chi connectivity index (χ0v) is 11.0. The highest BCUT2D eigenvalue weighted by Crippen LogP contribution is 2.16. The highest BCUT2D eigenvalue weighted by Gasteiger charge is 2.18. The molecule has 1 aliphatic rings. The van der Waals surface area contributed by atoms with Crippen LogP contribution in [0, 0.1) is 5.92 Å². The van der Waals surface area contributed by atoms with Crippen molar-refractivity contribution in [2.75, 3.05) is 19.6 Å². The van der Waals surface area contributed by atoms with Crippen molar-refractivity contribution in [3.8, 4) is 0 Å². The molecule has 0 aromatic carbocycles. The fourth-order valence-electron chi connectivity index (χ4n) is 2.02. The molecule has 1 saturated heterocycles. The summed E-state index contributed by atoms with van der Waals surface area (Å²) in [5.74, 6) is 0.303. The number of amides is 1. The second-order valence-corrected chi connectivity index (χ2v) is 5.17. The van der Waals surface area contributed by atoms with Crippen molar-refractivity contribution in [1.82, 2.24) is 25.6 Å². The van der Waals surface area contributed by atoms with Crippen molar-refractivity contribution in [3.63, 3.8) is 0 Å². The van der Waals surface area contributed by atoms with Crippen LogP contribution in [0.2, 0.25) is 0 Å². The lowest BCUT2D eigenvalue weighted by Gasteiger charge is -2.22. The Morgan fingerprint density at radius 1 is 1.56 bits per heavy atom. The molecule has 1 amide bonds. The summed E-state index contributed by atoms with van der Waals surface area (Å²) >= 11 is 0. The van der Waals surface area contributed by atoms with Crippen LogP contribution in [0.15, 0.2) is 6.20 Å². The highest BCUT2D eigenvalue weighted by molar-refractivity contribution is 5.91. The van der Waals surface area contributed by atoms with Gasteiger partial charge in [0.2, 0.25) is 0 Å².